The van der Waals surface area contributed by atoms with Crippen LogP contribution in [-0.4, -0.2) is 45.3 Å². The highest BCUT2D eigenvalue weighted by Gasteiger charge is 2.22. The Bertz CT molecular complexity index is 1100. The van der Waals surface area contributed by atoms with E-state index >= 15 is 0 Å². The summed E-state index contributed by atoms with van der Waals surface area (Å²) in [5, 5.41) is 14.7. The second-order valence-corrected chi connectivity index (χ2v) is 9.72. The lowest BCUT2D eigenvalue weighted by molar-refractivity contribution is 0.0830. The van der Waals surface area contributed by atoms with E-state index < -0.39 is 16.4 Å². The summed E-state index contributed by atoms with van der Waals surface area (Å²) in [7, 11) is -1.01. The molecule has 2 unspecified atom stereocenters. The van der Waals surface area contributed by atoms with Crippen molar-refractivity contribution in [2.75, 3.05) is 35.6 Å². The van der Waals surface area contributed by atoms with Crippen LogP contribution in [0.5, 0.6) is 0 Å². The molecule has 4 N–H and O–H groups in total. The van der Waals surface area contributed by atoms with Crippen molar-refractivity contribution in [3.05, 3.63) is 59.7 Å². The highest BCUT2D eigenvalue weighted by molar-refractivity contribution is 7.85. The van der Waals surface area contributed by atoms with Gasteiger partial charge in [0.2, 0.25) is 0 Å². The van der Waals surface area contributed by atoms with E-state index in [0.29, 0.717) is 25.4 Å². The number of hydrogen-bond donors (Lipinski definition) is 3. The number of aryl methyl sites for hydroxylation is 1. The van der Waals surface area contributed by atoms with Crippen molar-refractivity contribution in [2.45, 2.75) is 30.9 Å². The van der Waals surface area contributed by atoms with Crippen LogP contribution in [0, 0.1) is 6.92 Å². The van der Waals surface area contributed by atoms with Gasteiger partial charge in [-0.2, -0.15) is 0 Å². The minimum Gasteiger partial charge on any atom is -0.387 e. The van der Waals surface area contributed by atoms with Gasteiger partial charge in [-0.15, -0.1) is 0 Å². The summed E-state index contributed by atoms with van der Waals surface area (Å²) in [6, 6.07) is 16.1. The molecule has 30 heavy (non-hydrogen) atoms. The second kappa shape index (κ2) is 8.34. The van der Waals surface area contributed by atoms with Crippen LogP contribution in [0.15, 0.2) is 53.4 Å². The molecule has 0 bridgehead atoms. The third-order valence-corrected chi connectivity index (χ3v) is 6.94. The fraction of sp³-hybridized carbons (Fsp3) is 0.348. The minimum absolute atomic E-state index is 0.170. The Hall–Kier alpha value is -2.48. The SMILES string of the molecule is Cc1ccc2nc(N3CCS(=O)c4ccccc4C3)cc(NCC(C)(O)CN)c2c1. The number of nitrogens with zero attached hydrogens (tertiary/aromatic N) is 2. The molecule has 1 aromatic heterocycles. The molecular formula is C23H28N4O2S. The molecule has 0 fully saturated rings. The van der Waals surface area contributed by atoms with Crippen LogP contribution in [0.25, 0.3) is 10.9 Å². The van der Waals surface area contributed by atoms with Crippen molar-refractivity contribution in [1.82, 2.24) is 4.98 Å². The van der Waals surface area contributed by atoms with Crippen molar-refractivity contribution in [2.24, 2.45) is 5.73 Å². The lowest BCUT2D eigenvalue weighted by Gasteiger charge is -2.25. The topological polar surface area (TPSA) is 91.5 Å². The summed E-state index contributed by atoms with van der Waals surface area (Å²) in [6.07, 6.45) is 0. The van der Waals surface area contributed by atoms with E-state index in [4.69, 9.17) is 10.7 Å². The van der Waals surface area contributed by atoms with E-state index in [-0.39, 0.29) is 6.54 Å². The van der Waals surface area contributed by atoms with E-state index in [2.05, 4.69) is 16.3 Å². The average Bonchev–Trinajstić information content (AvgIpc) is 2.91. The van der Waals surface area contributed by atoms with Gasteiger partial charge in [-0.05, 0) is 37.6 Å². The molecule has 4 rings (SSSR count). The van der Waals surface area contributed by atoms with Crippen LogP contribution in [0.4, 0.5) is 11.5 Å². The largest absolute Gasteiger partial charge is 0.387 e. The van der Waals surface area contributed by atoms with Gasteiger partial charge in [0.15, 0.2) is 0 Å². The minimum atomic E-state index is -1.01. The number of anilines is 2. The molecule has 1 aliphatic rings. The predicted molar refractivity (Wildman–Crippen MR) is 123 cm³/mol. The first-order valence-electron chi connectivity index (χ1n) is 10.2. The first-order valence-corrected chi connectivity index (χ1v) is 11.5. The van der Waals surface area contributed by atoms with Crippen LogP contribution < -0.4 is 16.0 Å². The summed E-state index contributed by atoms with van der Waals surface area (Å²) in [4.78, 5) is 7.99. The molecule has 3 aromatic rings. The first-order chi connectivity index (χ1) is 14.4. The quantitative estimate of drug-likeness (QED) is 0.583. The smallest absolute Gasteiger partial charge is 0.131 e. The molecule has 1 aliphatic heterocycles. The molecule has 0 aliphatic carbocycles. The third kappa shape index (κ3) is 4.33. The zero-order valence-corrected chi connectivity index (χ0v) is 18.2. The van der Waals surface area contributed by atoms with E-state index in [0.717, 1.165) is 38.4 Å². The molecule has 2 heterocycles. The third-order valence-electron chi connectivity index (χ3n) is 5.50. The Morgan fingerprint density at radius 3 is 2.87 bits per heavy atom. The molecule has 0 radical (unpaired) electrons. The van der Waals surface area contributed by atoms with Crippen molar-refractivity contribution < 1.29 is 9.32 Å². The average molecular weight is 425 g/mol. The van der Waals surface area contributed by atoms with Crippen LogP contribution in [-0.2, 0) is 17.3 Å². The summed E-state index contributed by atoms with van der Waals surface area (Å²) < 4.78 is 12.7. The summed E-state index contributed by atoms with van der Waals surface area (Å²) >= 11 is 0. The van der Waals surface area contributed by atoms with Crippen molar-refractivity contribution in [3.63, 3.8) is 0 Å². The predicted octanol–water partition coefficient (Wildman–Crippen LogP) is 2.79. The Balaban J connectivity index is 1.74. The number of hydrogen-bond acceptors (Lipinski definition) is 6. The van der Waals surface area contributed by atoms with Gasteiger partial charge in [-0.25, -0.2) is 4.98 Å². The molecule has 7 heteroatoms. The lowest BCUT2D eigenvalue weighted by atomic mass is 10.1. The summed E-state index contributed by atoms with van der Waals surface area (Å²) in [5.74, 6) is 1.39. The number of aliphatic hydroxyl groups is 1. The number of fused-ring (bicyclic) bond motifs is 2. The first kappa shape index (κ1) is 20.8. The van der Waals surface area contributed by atoms with Gasteiger partial charge in [0, 0.05) is 54.0 Å². The number of nitrogens with one attached hydrogen (secondary N) is 1. The number of benzene rings is 2. The molecule has 2 atom stereocenters. The summed E-state index contributed by atoms with van der Waals surface area (Å²) in [6.45, 7) is 5.59. The highest BCUT2D eigenvalue weighted by Crippen LogP contribution is 2.31. The van der Waals surface area contributed by atoms with Gasteiger partial charge in [0.25, 0.3) is 0 Å². The van der Waals surface area contributed by atoms with E-state index in [9.17, 15) is 9.32 Å². The van der Waals surface area contributed by atoms with Gasteiger partial charge >= 0.3 is 0 Å². The zero-order valence-electron chi connectivity index (χ0n) is 17.4. The lowest BCUT2D eigenvalue weighted by Crippen LogP contribution is -2.41. The number of pyridine rings is 1. The van der Waals surface area contributed by atoms with Crippen LogP contribution in [0.1, 0.15) is 18.1 Å². The number of rotatable bonds is 5. The van der Waals surface area contributed by atoms with E-state index in [1.807, 2.05) is 49.4 Å². The number of aromatic nitrogens is 1. The monoisotopic (exact) mass is 424 g/mol. The maximum atomic E-state index is 12.7. The molecule has 0 spiro atoms. The Morgan fingerprint density at radius 2 is 2.07 bits per heavy atom. The highest BCUT2D eigenvalue weighted by atomic mass is 32.2. The van der Waals surface area contributed by atoms with Gasteiger partial charge in [0.1, 0.15) is 5.82 Å². The van der Waals surface area contributed by atoms with Crippen molar-refractivity contribution in [3.8, 4) is 0 Å². The molecule has 6 nitrogen and oxygen atoms in total. The van der Waals surface area contributed by atoms with Gasteiger partial charge in [-0.1, -0.05) is 29.8 Å². The second-order valence-electron chi connectivity index (χ2n) is 8.18. The Labute approximate surface area is 179 Å². The van der Waals surface area contributed by atoms with Gasteiger partial charge in [0.05, 0.1) is 21.9 Å². The number of nitrogens with two attached hydrogens (primary N) is 1. The Kier molecular flexibility index (Phi) is 5.77. The van der Waals surface area contributed by atoms with Crippen molar-refractivity contribution in [1.29, 1.82) is 0 Å². The Morgan fingerprint density at radius 1 is 1.27 bits per heavy atom. The molecule has 0 amide bonds. The van der Waals surface area contributed by atoms with Crippen LogP contribution in [0.3, 0.4) is 0 Å². The molecule has 0 saturated carbocycles. The summed E-state index contributed by atoms with van der Waals surface area (Å²) in [5.41, 5.74) is 8.69. The van der Waals surface area contributed by atoms with Gasteiger partial charge in [-0.3, -0.25) is 4.21 Å². The standard InChI is InChI=1S/C23H28N4O2S/c1-16-7-8-19-18(11-16)20(25-15-23(2,28)14-24)12-22(26-19)27-9-10-30(29)21-6-4-3-5-17(21)13-27/h3-8,11-12,28H,9-10,13-15,24H2,1-2H3,(H,25,26). The van der Waals surface area contributed by atoms with Gasteiger partial charge < -0.3 is 21.1 Å². The van der Waals surface area contributed by atoms with Crippen molar-refractivity contribution >= 4 is 33.2 Å². The maximum absolute atomic E-state index is 12.7. The molecular weight excluding hydrogens is 396 g/mol. The van der Waals surface area contributed by atoms with Crippen LogP contribution >= 0.6 is 0 Å². The molecule has 0 saturated heterocycles. The van der Waals surface area contributed by atoms with E-state index in [1.165, 1.54) is 0 Å². The fourth-order valence-electron chi connectivity index (χ4n) is 3.63. The maximum Gasteiger partial charge on any atom is 0.131 e. The molecule has 158 valence electrons. The normalized spacial score (nSPS) is 18.5. The van der Waals surface area contributed by atoms with Crippen LogP contribution in [0.2, 0.25) is 0 Å². The fourth-order valence-corrected chi connectivity index (χ4v) is 4.89. The van der Waals surface area contributed by atoms with E-state index in [1.54, 1.807) is 6.92 Å². The zero-order chi connectivity index (χ0) is 21.3. The molecule has 2 aromatic carbocycles.